The van der Waals surface area contributed by atoms with E-state index in [-0.39, 0.29) is 17.1 Å². The number of thioether (sulfide) groups is 1. The number of hydrogen-bond donors (Lipinski definition) is 2. The average Bonchev–Trinajstić information content (AvgIpc) is 2.82. The second kappa shape index (κ2) is 7.02. The maximum absolute atomic E-state index is 12.2. The molecule has 1 amide bonds. The molecular weight excluding hydrogens is 322 g/mol. The van der Waals surface area contributed by atoms with E-state index in [0.717, 1.165) is 0 Å². The highest BCUT2D eigenvalue weighted by molar-refractivity contribution is 8.00. The highest BCUT2D eigenvalue weighted by Gasteiger charge is 2.20. The van der Waals surface area contributed by atoms with Gasteiger partial charge in [-0.1, -0.05) is 37.2 Å². The van der Waals surface area contributed by atoms with Crippen LogP contribution in [0.4, 0.5) is 5.69 Å². The zero-order chi connectivity index (χ0) is 16.3. The summed E-state index contributed by atoms with van der Waals surface area (Å²) in [7, 11) is 0. The van der Waals surface area contributed by atoms with Crippen LogP contribution in [0.1, 0.15) is 32.5 Å². The minimum Gasteiger partial charge on any atom is -0.336 e. The van der Waals surface area contributed by atoms with E-state index in [0.29, 0.717) is 21.7 Å². The van der Waals surface area contributed by atoms with Gasteiger partial charge in [0.15, 0.2) is 5.82 Å². The van der Waals surface area contributed by atoms with Crippen LogP contribution >= 0.6 is 23.4 Å². The van der Waals surface area contributed by atoms with Crippen molar-refractivity contribution in [2.75, 3.05) is 11.2 Å². The van der Waals surface area contributed by atoms with E-state index in [1.807, 2.05) is 13.8 Å². The zero-order valence-corrected chi connectivity index (χ0v) is 14.1. The van der Waals surface area contributed by atoms with E-state index in [9.17, 15) is 4.79 Å². The van der Waals surface area contributed by atoms with Crippen molar-refractivity contribution < 1.29 is 4.79 Å². The molecule has 0 saturated heterocycles. The van der Waals surface area contributed by atoms with Crippen LogP contribution in [-0.2, 0) is 4.79 Å². The van der Waals surface area contributed by atoms with Gasteiger partial charge in [0, 0.05) is 16.6 Å². The van der Waals surface area contributed by atoms with E-state index in [2.05, 4.69) is 15.5 Å². The lowest BCUT2D eigenvalue weighted by Crippen LogP contribution is -2.24. The maximum Gasteiger partial charge on any atom is 0.237 e. The van der Waals surface area contributed by atoms with Gasteiger partial charge in [0.05, 0.1) is 5.25 Å². The Hall–Kier alpha value is -1.73. The molecule has 6 nitrogen and oxygen atoms in total. The van der Waals surface area contributed by atoms with Crippen LogP contribution in [0.2, 0.25) is 5.02 Å². The van der Waals surface area contributed by atoms with Crippen LogP contribution < -0.4 is 11.2 Å². The van der Waals surface area contributed by atoms with Gasteiger partial charge in [-0.2, -0.15) is 0 Å². The van der Waals surface area contributed by atoms with Crippen LogP contribution in [0.5, 0.6) is 0 Å². The fourth-order valence-corrected chi connectivity index (χ4v) is 2.65. The van der Waals surface area contributed by atoms with E-state index in [4.69, 9.17) is 17.4 Å². The molecule has 0 fully saturated rings. The molecule has 0 bridgehead atoms. The van der Waals surface area contributed by atoms with E-state index in [1.54, 1.807) is 31.2 Å². The lowest BCUT2D eigenvalue weighted by molar-refractivity contribution is -0.115. The Kier molecular flexibility index (Phi) is 5.31. The summed E-state index contributed by atoms with van der Waals surface area (Å²) in [5.41, 5.74) is 0.693. The van der Waals surface area contributed by atoms with Gasteiger partial charge in [-0.25, -0.2) is 4.68 Å². The molecule has 1 heterocycles. The second-order valence-corrected chi connectivity index (χ2v) is 6.87. The minimum absolute atomic E-state index is 0.138. The maximum atomic E-state index is 12.2. The fourth-order valence-electron chi connectivity index (χ4n) is 1.75. The van der Waals surface area contributed by atoms with Crippen molar-refractivity contribution in [3.05, 3.63) is 35.1 Å². The number of halogens is 1. The second-order valence-electron chi connectivity index (χ2n) is 5.12. The molecule has 0 aliphatic carbocycles. The third-order valence-corrected chi connectivity index (χ3v) is 4.28. The van der Waals surface area contributed by atoms with Crippen molar-refractivity contribution in [2.24, 2.45) is 0 Å². The minimum atomic E-state index is -0.359. The summed E-state index contributed by atoms with van der Waals surface area (Å²) in [6.07, 6.45) is 0. The monoisotopic (exact) mass is 339 g/mol. The number of rotatable bonds is 5. The number of carbonyl (C=O) groups is 1. The van der Waals surface area contributed by atoms with Gasteiger partial charge in [0.1, 0.15) is 0 Å². The molecular formula is C14H18ClN5OS. The molecule has 3 N–H and O–H groups in total. The topological polar surface area (TPSA) is 85.8 Å². The Morgan fingerprint density at radius 1 is 1.27 bits per heavy atom. The molecule has 0 spiro atoms. The zero-order valence-electron chi connectivity index (χ0n) is 12.6. The van der Waals surface area contributed by atoms with Crippen LogP contribution in [0.3, 0.4) is 0 Å². The highest BCUT2D eigenvalue weighted by atomic mass is 35.5. The predicted molar refractivity (Wildman–Crippen MR) is 89.7 cm³/mol. The van der Waals surface area contributed by atoms with Gasteiger partial charge in [0.25, 0.3) is 0 Å². The first kappa shape index (κ1) is 16.6. The molecule has 0 aliphatic heterocycles. The Balaban J connectivity index is 2.01. The number of nitrogens with one attached hydrogen (secondary N) is 1. The number of nitrogen functional groups attached to an aromatic ring is 1. The van der Waals surface area contributed by atoms with Crippen LogP contribution in [0.25, 0.3) is 0 Å². The summed E-state index contributed by atoms with van der Waals surface area (Å²) in [6, 6.07) is 6.95. The molecule has 1 aromatic carbocycles. The Morgan fingerprint density at radius 3 is 2.45 bits per heavy atom. The molecule has 8 heteroatoms. The van der Waals surface area contributed by atoms with Crippen molar-refractivity contribution in [3.63, 3.8) is 0 Å². The van der Waals surface area contributed by atoms with E-state index < -0.39 is 0 Å². The first-order valence-electron chi connectivity index (χ1n) is 6.82. The first-order valence-corrected chi connectivity index (χ1v) is 8.07. The number of amides is 1. The summed E-state index contributed by atoms with van der Waals surface area (Å²) < 4.78 is 1.43. The number of carbonyl (C=O) groups excluding carboxylic acids is 1. The first-order chi connectivity index (χ1) is 10.4. The summed E-state index contributed by atoms with van der Waals surface area (Å²) in [4.78, 5) is 12.2. The number of benzene rings is 1. The Morgan fingerprint density at radius 2 is 1.91 bits per heavy atom. The Bertz CT molecular complexity index is 656. The molecule has 0 radical (unpaired) electrons. The molecule has 0 aliphatic rings. The summed E-state index contributed by atoms with van der Waals surface area (Å²) in [5, 5.41) is 11.7. The SMILES string of the molecule is CC(C)c1nnc(S[C@@H](C)C(=O)Nc2ccc(Cl)cc2)n1N. The summed E-state index contributed by atoms with van der Waals surface area (Å²) >= 11 is 7.08. The molecule has 0 unspecified atom stereocenters. The normalized spacial score (nSPS) is 12.4. The van der Waals surface area contributed by atoms with Crippen molar-refractivity contribution in [1.29, 1.82) is 0 Å². The number of hydrogen-bond acceptors (Lipinski definition) is 5. The van der Waals surface area contributed by atoms with Gasteiger partial charge in [-0.15, -0.1) is 10.2 Å². The number of aromatic nitrogens is 3. The average molecular weight is 340 g/mol. The van der Waals surface area contributed by atoms with Gasteiger partial charge in [-0.05, 0) is 31.2 Å². The largest absolute Gasteiger partial charge is 0.336 e. The molecule has 2 rings (SSSR count). The molecule has 1 aromatic heterocycles. The van der Waals surface area contributed by atoms with Crippen molar-refractivity contribution in [2.45, 2.75) is 37.1 Å². The van der Waals surface area contributed by atoms with Crippen LogP contribution in [0, 0.1) is 0 Å². The molecule has 118 valence electrons. The van der Waals surface area contributed by atoms with Gasteiger partial charge < -0.3 is 11.2 Å². The molecule has 0 saturated carbocycles. The van der Waals surface area contributed by atoms with Gasteiger partial charge >= 0.3 is 0 Å². The predicted octanol–water partition coefficient (Wildman–Crippen LogP) is 2.89. The smallest absolute Gasteiger partial charge is 0.237 e. The Labute approximate surface area is 138 Å². The molecule has 2 aromatic rings. The lowest BCUT2D eigenvalue weighted by atomic mass is 10.2. The van der Waals surface area contributed by atoms with E-state index >= 15 is 0 Å². The van der Waals surface area contributed by atoms with Gasteiger partial charge in [0.2, 0.25) is 11.1 Å². The fraction of sp³-hybridized carbons (Fsp3) is 0.357. The van der Waals surface area contributed by atoms with Gasteiger partial charge in [-0.3, -0.25) is 4.79 Å². The van der Waals surface area contributed by atoms with Crippen molar-refractivity contribution in [1.82, 2.24) is 14.9 Å². The quantitative estimate of drug-likeness (QED) is 0.646. The summed E-state index contributed by atoms with van der Waals surface area (Å²) in [6.45, 7) is 5.76. The summed E-state index contributed by atoms with van der Waals surface area (Å²) in [5.74, 6) is 6.67. The van der Waals surface area contributed by atoms with Crippen LogP contribution in [-0.4, -0.2) is 26.0 Å². The van der Waals surface area contributed by atoms with Crippen molar-refractivity contribution >= 4 is 35.0 Å². The number of nitrogens with two attached hydrogens (primary N) is 1. The molecule has 1 atom stereocenters. The lowest BCUT2D eigenvalue weighted by Gasteiger charge is -2.12. The third kappa shape index (κ3) is 3.92. The van der Waals surface area contributed by atoms with Crippen molar-refractivity contribution in [3.8, 4) is 0 Å². The third-order valence-electron chi connectivity index (χ3n) is 2.97. The number of anilines is 1. The van der Waals surface area contributed by atoms with Crippen LogP contribution in [0.15, 0.2) is 29.4 Å². The van der Waals surface area contributed by atoms with E-state index in [1.165, 1.54) is 16.4 Å². The highest BCUT2D eigenvalue weighted by Crippen LogP contribution is 2.24. The number of nitrogens with zero attached hydrogens (tertiary/aromatic N) is 3. The molecule has 22 heavy (non-hydrogen) atoms. The standard InChI is InChI=1S/C14H18ClN5OS/c1-8(2)12-18-19-14(20(12)16)22-9(3)13(21)17-11-6-4-10(15)5-7-11/h4-9H,16H2,1-3H3,(H,17,21)/t9-/m0/s1.